The second-order valence-electron chi connectivity index (χ2n) is 5.44. The first-order valence-electron chi connectivity index (χ1n) is 7.42. The molecule has 1 aromatic carbocycles. The summed E-state index contributed by atoms with van der Waals surface area (Å²) in [6.45, 7) is 0. The van der Waals surface area contributed by atoms with E-state index in [1.807, 2.05) is 18.2 Å². The van der Waals surface area contributed by atoms with Crippen molar-refractivity contribution in [1.29, 1.82) is 0 Å². The third-order valence-electron chi connectivity index (χ3n) is 3.99. The Morgan fingerprint density at radius 2 is 1.75 bits per heavy atom. The van der Waals surface area contributed by atoms with Crippen molar-refractivity contribution in [1.82, 2.24) is 9.97 Å². The van der Waals surface area contributed by atoms with E-state index >= 15 is 0 Å². The molecule has 0 spiro atoms. The number of aliphatic hydroxyl groups is 1. The lowest BCUT2D eigenvalue weighted by Gasteiger charge is -2.18. The number of hydrogen-bond donors (Lipinski definition) is 1. The predicted molar refractivity (Wildman–Crippen MR) is 80.3 cm³/mol. The van der Waals surface area contributed by atoms with Crippen molar-refractivity contribution >= 4 is 11.0 Å². The molecular formula is C17H20N2O. The van der Waals surface area contributed by atoms with Gasteiger partial charge in [-0.3, -0.25) is 9.97 Å². The van der Waals surface area contributed by atoms with E-state index in [9.17, 15) is 5.11 Å². The van der Waals surface area contributed by atoms with Crippen LogP contribution in [-0.4, -0.2) is 15.1 Å². The van der Waals surface area contributed by atoms with Crippen molar-refractivity contribution in [2.24, 2.45) is 0 Å². The molecule has 3 nitrogen and oxygen atoms in total. The first kappa shape index (κ1) is 13.3. The van der Waals surface area contributed by atoms with Gasteiger partial charge in [-0.05, 0) is 49.0 Å². The molecule has 1 N–H and O–H groups in total. The van der Waals surface area contributed by atoms with E-state index in [2.05, 4.69) is 16.0 Å². The Kier molecular flexibility index (Phi) is 4.07. The van der Waals surface area contributed by atoms with Crippen LogP contribution in [0.25, 0.3) is 11.0 Å². The smallest absolute Gasteiger partial charge is 0.100 e. The summed E-state index contributed by atoms with van der Waals surface area (Å²) >= 11 is 0. The molecule has 2 aromatic rings. The number of fused-ring (bicyclic) bond motifs is 1. The fourth-order valence-electron chi connectivity index (χ4n) is 2.83. The highest BCUT2D eigenvalue weighted by Gasteiger charge is 2.15. The monoisotopic (exact) mass is 268 g/mol. The molecule has 3 rings (SSSR count). The fourth-order valence-corrected chi connectivity index (χ4v) is 2.83. The first-order chi connectivity index (χ1) is 9.84. The Hall–Kier alpha value is -1.74. The highest BCUT2D eigenvalue weighted by atomic mass is 16.3. The van der Waals surface area contributed by atoms with Gasteiger partial charge >= 0.3 is 0 Å². The lowest BCUT2D eigenvalue weighted by Crippen LogP contribution is -2.04. The normalized spacial score (nSPS) is 20.8. The highest BCUT2D eigenvalue weighted by molar-refractivity contribution is 5.74. The Bertz CT molecular complexity index is 621. The topological polar surface area (TPSA) is 46.0 Å². The fraction of sp³-hybridized carbons (Fsp3) is 0.412. The number of aliphatic hydroxyl groups excluding tert-OH is 1. The number of nitrogens with zero attached hydrogens (tertiary/aromatic N) is 2. The van der Waals surface area contributed by atoms with Crippen LogP contribution >= 0.6 is 0 Å². The zero-order valence-corrected chi connectivity index (χ0v) is 11.6. The van der Waals surface area contributed by atoms with Gasteiger partial charge in [-0.1, -0.05) is 25.0 Å². The molecule has 20 heavy (non-hydrogen) atoms. The van der Waals surface area contributed by atoms with E-state index in [-0.39, 0.29) is 0 Å². The van der Waals surface area contributed by atoms with Crippen LogP contribution in [0, 0.1) is 0 Å². The van der Waals surface area contributed by atoms with Gasteiger partial charge in [-0.25, -0.2) is 0 Å². The van der Waals surface area contributed by atoms with E-state index in [4.69, 9.17) is 0 Å². The number of allylic oxidation sites excluding steroid dienone is 1. The van der Waals surface area contributed by atoms with Gasteiger partial charge in [-0.15, -0.1) is 0 Å². The maximum absolute atomic E-state index is 10.6. The Morgan fingerprint density at radius 3 is 2.65 bits per heavy atom. The van der Waals surface area contributed by atoms with Crippen molar-refractivity contribution < 1.29 is 5.11 Å². The molecule has 0 radical (unpaired) electrons. The summed E-state index contributed by atoms with van der Waals surface area (Å²) in [4.78, 5) is 8.57. The van der Waals surface area contributed by atoms with Crippen LogP contribution in [0.3, 0.4) is 0 Å². The summed E-state index contributed by atoms with van der Waals surface area (Å²) in [6.07, 6.45) is 12.2. The molecular weight excluding hydrogens is 248 g/mol. The summed E-state index contributed by atoms with van der Waals surface area (Å²) in [5.41, 5.74) is 3.79. The van der Waals surface area contributed by atoms with E-state index in [0.29, 0.717) is 0 Å². The number of benzene rings is 1. The number of hydrogen-bond acceptors (Lipinski definition) is 3. The van der Waals surface area contributed by atoms with Gasteiger partial charge in [0, 0.05) is 12.4 Å². The van der Waals surface area contributed by atoms with Crippen LogP contribution < -0.4 is 0 Å². The molecule has 1 heterocycles. The second kappa shape index (κ2) is 6.14. The zero-order valence-electron chi connectivity index (χ0n) is 11.6. The van der Waals surface area contributed by atoms with E-state index in [1.54, 1.807) is 12.4 Å². The molecule has 1 aromatic heterocycles. The first-order valence-corrected chi connectivity index (χ1v) is 7.42. The SMILES string of the molecule is OC(/C1=C/CCCCCC1)c1ccc2nccnc2c1. The third-order valence-corrected chi connectivity index (χ3v) is 3.99. The lowest BCUT2D eigenvalue weighted by atomic mass is 9.92. The van der Waals surface area contributed by atoms with Crippen LogP contribution in [0.2, 0.25) is 0 Å². The molecule has 1 aliphatic carbocycles. The molecule has 0 saturated carbocycles. The van der Waals surface area contributed by atoms with Crippen molar-refractivity contribution in [3.8, 4) is 0 Å². The largest absolute Gasteiger partial charge is 0.384 e. The van der Waals surface area contributed by atoms with Gasteiger partial charge in [0.2, 0.25) is 0 Å². The minimum atomic E-state index is -0.500. The van der Waals surface area contributed by atoms with Crippen molar-refractivity contribution in [3.63, 3.8) is 0 Å². The average Bonchev–Trinajstić information content (AvgIpc) is 2.46. The van der Waals surface area contributed by atoms with Gasteiger partial charge in [0.15, 0.2) is 0 Å². The minimum Gasteiger partial charge on any atom is -0.384 e. The Balaban J connectivity index is 1.88. The third kappa shape index (κ3) is 2.88. The van der Waals surface area contributed by atoms with E-state index < -0.39 is 6.10 Å². The molecule has 1 atom stereocenters. The van der Waals surface area contributed by atoms with Gasteiger partial charge in [-0.2, -0.15) is 0 Å². The minimum absolute atomic E-state index is 0.500. The summed E-state index contributed by atoms with van der Waals surface area (Å²) in [6, 6.07) is 5.85. The van der Waals surface area contributed by atoms with Gasteiger partial charge in [0.25, 0.3) is 0 Å². The van der Waals surface area contributed by atoms with Gasteiger partial charge in [0.05, 0.1) is 11.0 Å². The van der Waals surface area contributed by atoms with Gasteiger partial charge < -0.3 is 5.11 Å². The molecule has 104 valence electrons. The second-order valence-corrected chi connectivity index (χ2v) is 5.44. The molecule has 1 unspecified atom stereocenters. The zero-order chi connectivity index (χ0) is 13.8. The molecule has 0 fully saturated rings. The predicted octanol–water partition coefficient (Wildman–Crippen LogP) is 3.94. The average molecular weight is 268 g/mol. The van der Waals surface area contributed by atoms with E-state index in [1.165, 1.54) is 25.7 Å². The van der Waals surface area contributed by atoms with Crippen molar-refractivity contribution in [2.75, 3.05) is 0 Å². The standard InChI is InChI=1S/C17H20N2O/c20-17(13-6-4-2-1-3-5-7-13)14-8-9-15-16(12-14)19-11-10-18-15/h6,8-12,17,20H,1-5,7H2/b13-6+. The molecule has 1 aliphatic rings. The Labute approximate surface area is 119 Å². The maximum Gasteiger partial charge on any atom is 0.100 e. The van der Waals surface area contributed by atoms with Crippen LogP contribution in [-0.2, 0) is 0 Å². The van der Waals surface area contributed by atoms with Gasteiger partial charge in [0.1, 0.15) is 6.10 Å². The summed E-state index contributed by atoms with van der Waals surface area (Å²) in [5, 5.41) is 10.6. The van der Waals surface area contributed by atoms with Crippen LogP contribution in [0.5, 0.6) is 0 Å². The Morgan fingerprint density at radius 1 is 0.950 bits per heavy atom. The number of aromatic nitrogens is 2. The van der Waals surface area contributed by atoms with E-state index in [0.717, 1.165) is 35.0 Å². The van der Waals surface area contributed by atoms with Crippen molar-refractivity contribution in [2.45, 2.75) is 44.6 Å². The lowest BCUT2D eigenvalue weighted by molar-refractivity contribution is 0.209. The molecule has 0 aliphatic heterocycles. The summed E-state index contributed by atoms with van der Waals surface area (Å²) < 4.78 is 0. The van der Waals surface area contributed by atoms with Crippen LogP contribution in [0.1, 0.15) is 50.2 Å². The summed E-state index contributed by atoms with van der Waals surface area (Å²) in [7, 11) is 0. The maximum atomic E-state index is 10.6. The quantitative estimate of drug-likeness (QED) is 0.839. The molecule has 0 bridgehead atoms. The highest BCUT2D eigenvalue weighted by Crippen LogP contribution is 2.29. The number of rotatable bonds is 2. The molecule has 0 amide bonds. The summed E-state index contributed by atoms with van der Waals surface area (Å²) in [5.74, 6) is 0. The van der Waals surface area contributed by atoms with Crippen LogP contribution in [0.15, 0.2) is 42.2 Å². The molecule has 0 saturated heterocycles. The molecule has 3 heteroatoms. The van der Waals surface area contributed by atoms with Crippen LogP contribution in [0.4, 0.5) is 0 Å². The van der Waals surface area contributed by atoms with Crippen molar-refractivity contribution in [3.05, 3.63) is 47.8 Å².